The molecular formula is C15H12BrN3O4. The number of nitrogens with zero attached hydrogens (tertiary/aromatic N) is 2. The Morgan fingerprint density at radius 1 is 1.43 bits per heavy atom. The van der Waals surface area contributed by atoms with Gasteiger partial charge in [-0.05, 0) is 34.0 Å². The van der Waals surface area contributed by atoms with Gasteiger partial charge in [-0.3, -0.25) is 0 Å². The third kappa shape index (κ3) is 3.26. The molecular weight excluding hydrogens is 366 g/mol. The van der Waals surface area contributed by atoms with Crippen molar-refractivity contribution in [1.82, 2.24) is 15.0 Å². The number of nitrogens with one attached hydrogen (secondary N) is 1. The number of halogens is 1. The van der Waals surface area contributed by atoms with E-state index in [1.807, 2.05) is 31.2 Å². The largest absolute Gasteiger partial charge is 0.455 e. The molecule has 0 aliphatic heterocycles. The van der Waals surface area contributed by atoms with E-state index in [2.05, 4.69) is 26.2 Å². The highest BCUT2D eigenvalue weighted by atomic mass is 79.9. The average Bonchev–Trinajstić information content (AvgIpc) is 2.81. The molecule has 23 heavy (non-hydrogen) atoms. The second-order valence-electron chi connectivity index (χ2n) is 4.80. The minimum atomic E-state index is -0.823. The van der Waals surface area contributed by atoms with E-state index in [1.54, 1.807) is 6.07 Å². The number of carbonyl (C=O) groups is 1. The summed E-state index contributed by atoms with van der Waals surface area (Å²) in [5.41, 5.74) is 2.35. The molecule has 1 aromatic carbocycles. The van der Waals surface area contributed by atoms with Crippen molar-refractivity contribution in [3.8, 4) is 0 Å². The highest BCUT2D eigenvalue weighted by molar-refractivity contribution is 9.10. The Kier molecular flexibility index (Phi) is 4.16. The Balaban J connectivity index is 1.75. The van der Waals surface area contributed by atoms with Crippen molar-refractivity contribution >= 4 is 33.3 Å². The van der Waals surface area contributed by atoms with Crippen molar-refractivity contribution in [3.05, 3.63) is 62.7 Å². The van der Waals surface area contributed by atoms with Crippen molar-refractivity contribution in [1.29, 1.82) is 0 Å². The van der Waals surface area contributed by atoms with Crippen LogP contribution in [0, 0.1) is 6.92 Å². The molecule has 1 N–H and O–H groups in total. The third-order valence-electron chi connectivity index (χ3n) is 3.21. The van der Waals surface area contributed by atoms with Gasteiger partial charge < -0.3 is 14.6 Å². The van der Waals surface area contributed by atoms with Crippen LogP contribution in [0.2, 0.25) is 0 Å². The number of fused-ring (bicyclic) bond motifs is 1. The minimum Gasteiger partial charge on any atom is -0.404 e. The van der Waals surface area contributed by atoms with Gasteiger partial charge in [0.25, 0.3) is 0 Å². The maximum absolute atomic E-state index is 11.9. The number of aromatic nitrogens is 2. The van der Waals surface area contributed by atoms with Crippen LogP contribution in [-0.4, -0.2) is 15.8 Å². The summed E-state index contributed by atoms with van der Waals surface area (Å²) in [5.74, 6) is -0.823. The van der Waals surface area contributed by atoms with E-state index in [0.29, 0.717) is 4.47 Å². The predicted octanol–water partition coefficient (Wildman–Crippen LogP) is 2.40. The fourth-order valence-corrected chi connectivity index (χ4v) is 2.34. The Hall–Kier alpha value is -2.61. The van der Waals surface area contributed by atoms with E-state index >= 15 is 0 Å². The molecule has 8 heteroatoms. The number of hydrogen-bond acceptors (Lipinski definition) is 5. The molecule has 0 fully saturated rings. The van der Waals surface area contributed by atoms with Crippen molar-refractivity contribution in [2.75, 3.05) is 0 Å². The summed E-state index contributed by atoms with van der Waals surface area (Å²) in [6.07, 6.45) is 0.699. The van der Waals surface area contributed by atoms with E-state index in [9.17, 15) is 9.59 Å². The molecule has 7 nitrogen and oxygen atoms in total. The molecule has 0 unspecified atom stereocenters. The second kappa shape index (κ2) is 6.25. The quantitative estimate of drug-likeness (QED) is 0.757. The maximum Gasteiger partial charge on any atom is 0.455 e. The summed E-state index contributed by atoms with van der Waals surface area (Å²) in [5, 5.41) is 2.58. The number of benzene rings is 1. The normalized spacial score (nSPS) is 10.7. The maximum atomic E-state index is 11.9. The smallest absolute Gasteiger partial charge is 0.404 e. The van der Waals surface area contributed by atoms with Gasteiger partial charge in [0.15, 0.2) is 5.58 Å². The summed E-state index contributed by atoms with van der Waals surface area (Å²) < 4.78 is 6.34. The summed E-state index contributed by atoms with van der Waals surface area (Å²) in [4.78, 5) is 32.6. The van der Waals surface area contributed by atoms with Crippen molar-refractivity contribution in [2.45, 2.75) is 13.5 Å². The van der Waals surface area contributed by atoms with Gasteiger partial charge in [-0.15, -0.1) is 0 Å². The van der Waals surface area contributed by atoms with Crippen LogP contribution in [0.4, 0.5) is 4.79 Å². The van der Waals surface area contributed by atoms with Crippen molar-refractivity contribution in [2.24, 2.45) is 0 Å². The first-order valence-electron chi connectivity index (χ1n) is 6.72. The zero-order valence-electron chi connectivity index (χ0n) is 12.1. The molecule has 0 atom stereocenters. The van der Waals surface area contributed by atoms with Crippen LogP contribution in [-0.2, 0) is 6.54 Å². The molecule has 2 heterocycles. The number of pyridine rings is 1. The van der Waals surface area contributed by atoms with Crippen LogP contribution < -0.4 is 15.9 Å². The van der Waals surface area contributed by atoms with E-state index < -0.39 is 11.8 Å². The average molecular weight is 378 g/mol. The van der Waals surface area contributed by atoms with Gasteiger partial charge in [-0.2, -0.15) is 0 Å². The molecule has 0 aliphatic carbocycles. The topological polar surface area (TPSA) is 86.4 Å². The Morgan fingerprint density at radius 2 is 2.22 bits per heavy atom. The van der Waals surface area contributed by atoms with E-state index in [1.165, 1.54) is 6.20 Å². The van der Waals surface area contributed by atoms with Crippen LogP contribution in [0.25, 0.3) is 11.2 Å². The van der Waals surface area contributed by atoms with Gasteiger partial charge in [0.2, 0.25) is 5.65 Å². The molecule has 0 saturated carbocycles. The standard InChI is InChI=1S/C15H12BrN3O4/c1-9-4-2-3-5-10(9)7-18-14(20)23-19-13-12(22-15(19)21)6-11(16)8-17-13/h2-6,8H,7H2,1H3,(H,18,20). The van der Waals surface area contributed by atoms with E-state index in [-0.39, 0.29) is 17.8 Å². The number of hydrogen-bond donors (Lipinski definition) is 1. The Labute approximate surface area is 139 Å². The third-order valence-corrected chi connectivity index (χ3v) is 3.65. The molecule has 0 aliphatic rings. The lowest BCUT2D eigenvalue weighted by Crippen LogP contribution is -2.35. The molecule has 2 aromatic heterocycles. The first-order valence-corrected chi connectivity index (χ1v) is 7.51. The molecule has 0 saturated heterocycles. The predicted molar refractivity (Wildman–Crippen MR) is 86.0 cm³/mol. The first kappa shape index (κ1) is 15.3. The lowest BCUT2D eigenvalue weighted by Gasteiger charge is -2.07. The number of aryl methyl sites for hydroxylation is 1. The van der Waals surface area contributed by atoms with Crippen LogP contribution >= 0.6 is 15.9 Å². The second-order valence-corrected chi connectivity index (χ2v) is 5.71. The number of amides is 1. The summed E-state index contributed by atoms with van der Waals surface area (Å²) in [6.45, 7) is 2.23. The Bertz CT molecular complexity index is 932. The molecule has 3 rings (SSSR count). The first-order chi connectivity index (χ1) is 11.0. The monoisotopic (exact) mass is 377 g/mol. The number of oxazole rings is 1. The summed E-state index contributed by atoms with van der Waals surface area (Å²) in [6, 6.07) is 9.20. The fourth-order valence-electron chi connectivity index (χ4n) is 2.03. The highest BCUT2D eigenvalue weighted by Gasteiger charge is 2.15. The van der Waals surface area contributed by atoms with Gasteiger partial charge in [0.05, 0.1) is 0 Å². The zero-order chi connectivity index (χ0) is 16.4. The van der Waals surface area contributed by atoms with Gasteiger partial charge in [-0.25, -0.2) is 14.6 Å². The van der Waals surface area contributed by atoms with Gasteiger partial charge in [0, 0.05) is 23.3 Å². The zero-order valence-corrected chi connectivity index (χ0v) is 13.7. The molecule has 0 spiro atoms. The van der Waals surface area contributed by atoms with Gasteiger partial charge in [-0.1, -0.05) is 29.0 Å². The van der Waals surface area contributed by atoms with Crippen molar-refractivity contribution < 1.29 is 14.0 Å². The lowest BCUT2D eigenvalue weighted by atomic mass is 10.1. The van der Waals surface area contributed by atoms with Crippen LogP contribution in [0.15, 0.2) is 50.2 Å². The minimum absolute atomic E-state index is 0.129. The molecule has 0 bridgehead atoms. The summed E-state index contributed by atoms with van der Waals surface area (Å²) >= 11 is 3.22. The van der Waals surface area contributed by atoms with Crippen LogP contribution in [0.3, 0.4) is 0 Å². The van der Waals surface area contributed by atoms with Gasteiger partial charge >= 0.3 is 11.8 Å². The fraction of sp³-hybridized carbons (Fsp3) is 0.133. The highest BCUT2D eigenvalue weighted by Crippen LogP contribution is 2.15. The van der Waals surface area contributed by atoms with Crippen molar-refractivity contribution in [3.63, 3.8) is 0 Å². The van der Waals surface area contributed by atoms with Gasteiger partial charge in [0.1, 0.15) is 0 Å². The summed E-state index contributed by atoms with van der Waals surface area (Å²) in [7, 11) is 0. The SMILES string of the molecule is Cc1ccccc1CNC(=O)On1c(=O)oc2cc(Br)cnc21. The number of rotatable bonds is 3. The Morgan fingerprint density at radius 3 is 3.00 bits per heavy atom. The van der Waals surface area contributed by atoms with E-state index in [0.717, 1.165) is 15.9 Å². The molecule has 118 valence electrons. The molecule has 0 radical (unpaired) electrons. The number of carbonyl (C=O) groups excluding carboxylic acids is 1. The molecule has 3 aromatic rings. The van der Waals surface area contributed by atoms with Crippen LogP contribution in [0.5, 0.6) is 0 Å². The van der Waals surface area contributed by atoms with E-state index in [4.69, 9.17) is 9.25 Å². The molecule has 1 amide bonds. The van der Waals surface area contributed by atoms with Crippen LogP contribution in [0.1, 0.15) is 11.1 Å². The lowest BCUT2D eigenvalue weighted by molar-refractivity contribution is 0.126.